The zero-order valence-corrected chi connectivity index (χ0v) is 11.1. The van der Waals surface area contributed by atoms with E-state index in [0.29, 0.717) is 12.5 Å². The van der Waals surface area contributed by atoms with Gasteiger partial charge in [0.2, 0.25) is 5.91 Å². The zero-order chi connectivity index (χ0) is 14.6. The lowest BCUT2D eigenvalue weighted by Gasteiger charge is -2.31. The van der Waals surface area contributed by atoms with Gasteiger partial charge in [-0.2, -0.15) is 13.2 Å². The molecule has 1 saturated heterocycles. The number of piperidine rings is 1. The van der Waals surface area contributed by atoms with Gasteiger partial charge < -0.3 is 10.2 Å². The van der Waals surface area contributed by atoms with Crippen molar-refractivity contribution in [2.75, 3.05) is 19.6 Å². The second-order valence-electron chi connectivity index (χ2n) is 5.20. The Balaban J connectivity index is 2.41. The highest BCUT2D eigenvalue weighted by molar-refractivity contribution is 5.83. The highest BCUT2D eigenvalue weighted by atomic mass is 19.4. The van der Waals surface area contributed by atoms with Crippen LogP contribution in [0.2, 0.25) is 0 Å². The summed E-state index contributed by atoms with van der Waals surface area (Å²) in [6.07, 6.45) is -4.26. The number of halogens is 3. The van der Waals surface area contributed by atoms with Crippen molar-refractivity contribution in [1.29, 1.82) is 0 Å². The molecule has 1 aliphatic heterocycles. The molecule has 110 valence electrons. The number of rotatable bonds is 3. The predicted molar refractivity (Wildman–Crippen MR) is 63.2 cm³/mol. The molecule has 2 amide bonds. The number of carbonyl (C=O) groups is 2. The molecule has 0 bridgehead atoms. The Morgan fingerprint density at radius 3 is 2.21 bits per heavy atom. The van der Waals surface area contributed by atoms with Gasteiger partial charge in [0.15, 0.2) is 0 Å². The zero-order valence-electron chi connectivity index (χ0n) is 11.1. The van der Waals surface area contributed by atoms with Crippen molar-refractivity contribution in [2.24, 2.45) is 11.8 Å². The molecule has 0 aromatic heterocycles. The maximum absolute atomic E-state index is 12.2. The van der Waals surface area contributed by atoms with Crippen LogP contribution in [0.25, 0.3) is 0 Å². The largest absolute Gasteiger partial charge is 0.471 e. The van der Waals surface area contributed by atoms with E-state index < -0.39 is 12.1 Å². The highest BCUT2D eigenvalue weighted by Gasteiger charge is 2.43. The normalized spacial score (nSPS) is 17.7. The summed E-state index contributed by atoms with van der Waals surface area (Å²) in [4.78, 5) is 23.5. The summed E-state index contributed by atoms with van der Waals surface area (Å²) >= 11 is 0. The number of hydrogen-bond acceptors (Lipinski definition) is 2. The van der Waals surface area contributed by atoms with Gasteiger partial charge in [0.05, 0.1) is 0 Å². The molecule has 0 atom stereocenters. The molecule has 1 aliphatic rings. The second-order valence-corrected chi connectivity index (χ2v) is 5.20. The second kappa shape index (κ2) is 6.25. The molecule has 0 unspecified atom stereocenters. The van der Waals surface area contributed by atoms with E-state index in [1.165, 1.54) is 0 Å². The molecule has 1 fully saturated rings. The van der Waals surface area contributed by atoms with E-state index in [4.69, 9.17) is 0 Å². The van der Waals surface area contributed by atoms with E-state index in [-0.39, 0.29) is 37.8 Å². The number of hydrogen-bond donors (Lipinski definition) is 1. The van der Waals surface area contributed by atoms with E-state index in [1.54, 1.807) is 0 Å². The first kappa shape index (κ1) is 15.8. The summed E-state index contributed by atoms with van der Waals surface area (Å²) in [5, 5.41) is 2.76. The van der Waals surface area contributed by atoms with Crippen molar-refractivity contribution in [3.05, 3.63) is 0 Å². The molecule has 0 aromatic carbocycles. The lowest BCUT2D eigenvalue weighted by molar-refractivity contribution is -0.186. The molecule has 7 heteroatoms. The lowest BCUT2D eigenvalue weighted by atomic mass is 9.95. The average molecular weight is 280 g/mol. The van der Waals surface area contributed by atoms with Crippen molar-refractivity contribution in [2.45, 2.75) is 32.9 Å². The van der Waals surface area contributed by atoms with Crippen molar-refractivity contribution in [1.82, 2.24) is 10.2 Å². The highest BCUT2D eigenvalue weighted by Crippen LogP contribution is 2.23. The Bertz CT molecular complexity index is 334. The van der Waals surface area contributed by atoms with Gasteiger partial charge in [0.25, 0.3) is 0 Å². The molecule has 0 radical (unpaired) electrons. The standard InChI is InChI=1S/C12H19F3N2O2/c1-8(2)7-16-10(18)9-3-5-17(6-4-9)11(19)12(13,14)15/h8-9H,3-7H2,1-2H3,(H,16,18). The molecule has 1 N–H and O–H groups in total. The smallest absolute Gasteiger partial charge is 0.356 e. The van der Waals surface area contributed by atoms with Crippen molar-refractivity contribution in [3.8, 4) is 0 Å². The Labute approximate surface area is 110 Å². The molecule has 0 saturated carbocycles. The topological polar surface area (TPSA) is 49.4 Å². The van der Waals surface area contributed by atoms with Gasteiger partial charge in [-0.25, -0.2) is 0 Å². The van der Waals surface area contributed by atoms with Gasteiger partial charge in [-0.15, -0.1) is 0 Å². The van der Waals surface area contributed by atoms with Crippen LogP contribution in [-0.4, -0.2) is 42.5 Å². The van der Waals surface area contributed by atoms with E-state index in [2.05, 4.69) is 5.32 Å². The van der Waals surface area contributed by atoms with Crippen LogP contribution < -0.4 is 5.32 Å². The Hall–Kier alpha value is -1.27. The Morgan fingerprint density at radius 2 is 1.79 bits per heavy atom. The Kier molecular flexibility index (Phi) is 5.20. The van der Waals surface area contributed by atoms with Gasteiger partial charge in [0.1, 0.15) is 0 Å². The quantitative estimate of drug-likeness (QED) is 0.853. The van der Waals surface area contributed by atoms with Crippen LogP contribution in [0.5, 0.6) is 0 Å². The third kappa shape index (κ3) is 4.72. The molecule has 1 rings (SSSR count). The van der Waals surface area contributed by atoms with Crippen molar-refractivity contribution >= 4 is 11.8 Å². The number of nitrogens with zero attached hydrogens (tertiary/aromatic N) is 1. The van der Waals surface area contributed by atoms with Crippen LogP contribution in [0, 0.1) is 11.8 Å². The molecule has 0 aliphatic carbocycles. The predicted octanol–water partition coefficient (Wildman–Crippen LogP) is 1.56. The molecule has 1 heterocycles. The van der Waals surface area contributed by atoms with Crippen LogP contribution in [-0.2, 0) is 9.59 Å². The number of nitrogens with one attached hydrogen (secondary N) is 1. The fraction of sp³-hybridized carbons (Fsp3) is 0.833. The summed E-state index contributed by atoms with van der Waals surface area (Å²) in [7, 11) is 0. The van der Waals surface area contributed by atoms with Gasteiger partial charge in [0, 0.05) is 25.6 Å². The first-order valence-corrected chi connectivity index (χ1v) is 6.35. The van der Waals surface area contributed by atoms with Crippen LogP contribution in [0.3, 0.4) is 0 Å². The maximum atomic E-state index is 12.2. The maximum Gasteiger partial charge on any atom is 0.471 e. The van der Waals surface area contributed by atoms with Gasteiger partial charge in [-0.3, -0.25) is 9.59 Å². The minimum absolute atomic E-state index is 0.0158. The van der Waals surface area contributed by atoms with E-state index in [9.17, 15) is 22.8 Å². The molecular weight excluding hydrogens is 261 g/mol. The first-order chi connectivity index (χ1) is 8.71. The number of alkyl halides is 3. The fourth-order valence-corrected chi connectivity index (χ4v) is 1.97. The number of amides is 2. The van der Waals surface area contributed by atoms with E-state index in [0.717, 1.165) is 4.90 Å². The third-order valence-corrected chi connectivity index (χ3v) is 3.08. The minimum atomic E-state index is -4.83. The minimum Gasteiger partial charge on any atom is -0.356 e. The van der Waals surface area contributed by atoms with Crippen LogP contribution >= 0.6 is 0 Å². The molecule has 4 nitrogen and oxygen atoms in total. The van der Waals surface area contributed by atoms with Crippen molar-refractivity contribution < 1.29 is 22.8 Å². The summed E-state index contributed by atoms with van der Waals surface area (Å²) < 4.78 is 36.7. The third-order valence-electron chi connectivity index (χ3n) is 3.08. The molecular formula is C12H19F3N2O2. The number of likely N-dealkylation sites (tertiary alicyclic amines) is 1. The summed E-state index contributed by atoms with van der Waals surface area (Å²) in [5.41, 5.74) is 0. The molecule has 19 heavy (non-hydrogen) atoms. The summed E-state index contributed by atoms with van der Waals surface area (Å²) in [6, 6.07) is 0. The van der Waals surface area contributed by atoms with Gasteiger partial charge >= 0.3 is 12.1 Å². The monoisotopic (exact) mass is 280 g/mol. The molecule has 0 spiro atoms. The lowest BCUT2D eigenvalue weighted by Crippen LogP contribution is -2.47. The average Bonchev–Trinajstić information content (AvgIpc) is 2.34. The summed E-state index contributed by atoms with van der Waals surface area (Å²) in [6.45, 7) is 4.45. The van der Waals surface area contributed by atoms with Crippen molar-refractivity contribution in [3.63, 3.8) is 0 Å². The first-order valence-electron chi connectivity index (χ1n) is 6.35. The number of carbonyl (C=O) groups excluding carboxylic acids is 2. The van der Waals surface area contributed by atoms with E-state index >= 15 is 0 Å². The van der Waals surface area contributed by atoms with Gasteiger partial charge in [-0.05, 0) is 18.8 Å². The summed E-state index contributed by atoms with van der Waals surface area (Å²) in [5.74, 6) is -1.91. The van der Waals surface area contributed by atoms with Crippen LogP contribution in [0.15, 0.2) is 0 Å². The molecule has 0 aromatic rings. The Morgan fingerprint density at radius 1 is 1.26 bits per heavy atom. The van der Waals surface area contributed by atoms with Gasteiger partial charge in [-0.1, -0.05) is 13.8 Å². The SMILES string of the molecule is CC(C)CNC(=O)C1CCN(C(=O)C(F)(F)F)CC1. The van der Waals surface area contributed by atoms with E-state index in [1.807, 2.05) is 13.8 Å². The van der Waals surface area contributed by atoms with Crippen LogP contribution in [0.4, 0.5) is 13.2 Å². The van der Waals surface area contributed by atoms with Crippen LogP contribution in [0.1, 0.15) is 26.7 Å². The fourth-order valence-electron chi connectivity index (χ4n) is 1.97.